The van der Waals surface area contributed by atoms with E-state index in [0.717, 1.165) is 30.8 Å². The largest absolute Gasteiger partial charge is 0.357 e. The molecule has 0 saturated carbocycles. The maximum absolute atomic E-state index is 12.8. The number of para-hydroxylation sites is 2. The molecule has 0 atom stereocenters. The Balaban J connectivity index is 1.81. The number of fused-ring (bicyclic) bond motifs is 1. The molecular formula is C24H36N2O2. The van der Waals surface area contributed by atoms with Crippen LogP contribution in [0.4, 0.5) is 11.4 Å². The highest BCUT2D eigenvalue weighted by Crippen LogP contribution is 2.31. The average molecular weight is 385 g/mol. The summed E-state index contributed by atoms with van der Waals surface area (Å²) in [7, 11) is 0. The van der Waals surface area contributed by atoms with Crippen molar-refractivity contribution in [1.82, 2.24) is 0 Å². The van der Waals surface area contributed by atoms with Crippen molar-refractivity contribution in [1.29, 1.82) is 0 Å². The Hall–Kier alpha value is -2.10. The van der Waals surface area contributed by atoms with E-state index in [1.807, 2.05) is 29.2 Å². The van der Waals surface area contributed by atoms with Crippen LogP contribution in [-0.2, 0) is 9.59 Å². The predicted octanol–water partition coefficient (Wildman–Crippen LogP) is 6.23. The lowest BCUT2D eigenvalue weighted by Crippen LogP contribution is -2.31. The summed E-state index contributed by atoms with van der Waals surface area (Å²) in [6, 6.07) is 7.85. The molecule has 0 unspecified atom stereocenters. The number of hydrogen-bond donors (Lipinski definition) is 1. The molecule has 1 N–H and O–H groups in total. The Kier molecular flexibility index (Phi) is 9.81. The molecule has 28 heavy (non-hydrogen) atoms. The third-order valence-electron chi connectivity index (χ3n) is 5.25. The number of rotatable bonds is 12. The van der Waals surface area contributed by atoms with Crippen molar-refractivity contribution in [3.8, 4) is 0 Å². The lowest BCUT2D eigenvalue weighted by Gasteiger charge is -2.22. The highest BCUT2D eigenvalue weighted by molar-refractivity contribution is 6.01. The minimum atomic E-state index is -0.0454. The summed E-state index contributed by atoms with van der Waals surface area (Å²) >= 11 is 0. The SMILES string of the molecule is CCCCCCCCCCCCN1C(=O)C/C(=C/C(C)=O)Nc2ccccc21. The summed E-state index contributed by atoms with van der Waals surface area (Å²) in [6.07, 6.45) is 14.6. The number of ketones is 1. The smallest absolute Gasteiger partial charge is 0.232 e. The summed E-state index contributed by atoms with van der Waals surface area (Å²) in [4.78, 5) is 26.1. The van der Waals surface area contributed by atoms with Gasteiger partial charge in [0.25, 0.3) is 0 Å². The molecule has 4 heteroatoms. The topological polar surface area (TPSA) is 49.4 Å². The fourth-order valence-corrected chi connectivity index (χ4v) is 3.76. The van der Waals surface area contributed by atoms with Crippen LogP contribution in [0.3, 0.4) is 0 Å². The van der Waals surface area contributed by atoms with E-state index in [1.54, 1.807) is 0 Å². The van der Waals surface area contributed by atoms with Gasteiger partial charge in [0.1, 0.15) is 0 Å². The van der Waals surface area contributed by atoms with Gasteiger partial charge >= 0.3 is 0 Å². The zero-order chi connectivity index (χ0) is 20.2. The normalized spacial score (nSPS) is 15.3. The third kappa shape index (κ3) is 7.49. The summed E-state index contributed by atoms with van der Waals surface area (Å²) in [5.74, 6) is 0.0109. The van der Waals surface area contributed by atoms with Gasteiger partial charge in [0.05, 0.1) is 17.8 Å². The van der Waals surface area contributed by atoms with Crippen LogP contribution < -0.4 is 10.2 Å². The van der Waals surface area contributed by atoms with Gasteiger partial charge in [-0.3, -0.25) is 9.59 Å². The molecule has 0 radical (unpaired) electrons. The van der Waals surface area contributed by atoms with Gasteiger partial charge in [-0.1, -0.05) is 76.8 Å². The standard InChI is InChI=1S/C24H36N2O2/c1-3-4-5-6-7-8-9-10-11-14-17-26-23-16-13-12-15-22(23)25-21(18-20(2)27)19-24(26)28/h12-13,15-16,18,25H,3-11,14,17,19H2,1-2H3/b21-18-. The number of nitrogens with one attached hydrogen (secondary N) is 1. The fourth-order valence-electron chi connectivity index (χ4n) is 3.76. The van der Waals surface area contributed by atoms with Crippen LogP contribution in [0.25, 0.3) is 0 Å². The van der Waals surface area contributed by atoms with Crippen LogP contribution >= 0.6 is 0 Å². The highest BCUT2D eigenvalue weighted by atomic mass is 16.2. The Labute approximate surface area is 170 Å². The van der Waals surface area contributed by atoms with E-state index in [-0.39, 0.29) is 18.1 Å². The summed E-state index contributed by atoms with van der Waals surface area (Å²) < 4.78 is 0. The number of carbonyl (C=O) groups excluding carboxylic acids is 2. The lowest BCUT2D eigenvalue weighted by molar-refractivity contribution is -0.117. The third-order valence-corrected chi connectivity index (χ3v) is 5.25. The molecule has 4 nitrogen and oxygen atoms in total. The molecule has 0 bridgehead atoms. The van der Waals surface area contributed by atoms with Crippen LogP contribution in [-0.4, -0.2) is 18.2 Å². The second-order valence-electron chi connectivity index (χ2n) is 7.83. The molecule has 1 amide bonds. The quantitative estimate of drug-likeness (QED) is 0.343. The molecule has 1 aromatic carbocycles. The second-order valence-corrected chi connectivity index (χ2v) is 7.83. The first-order valence-corrected chi connectivity index (χ1v) is 11.0. The predicted molar refractivity (Wildman–Crippen MR) is 118 cm³/mol. The number of amides is 1. The van der Waals surface area contributed by atoms with Crippen molar-refractivity contribution in [2.45, 2.75) is 84.5 Å². The number of hydrogen-bond acceptors (Lipinski definition) is 3. The number of anilines is 2. The van der Waals surface area contributed by atoms with E-state index < -0.39 is 0 Å². The Morgan fingerprint density at radius 3 is 2.25 bits per heavy atom. The van der Waals surface area contributed by atoms with E-state index in [2.05, 4.69) is 12.2 Å². The van der Waals surface area contributed by atoms with Gasteiger partial charge in [-0.05, 0) is 25.5 Å². The first kappa shape index (κ1) is 22.2. The minimum Gasteiger partial charge on any atom is -0.357 e. The number of carbonyl (C=O) groups is 2. The molecule has 0 aliphatic carbocycles. The van der Waals surface area contributed by atoms with E-state index in [1.165, 1.54) is 64.4 Å². The molecule has 0 saturated heterocycles. The number of nitrogens with zero attached hydrogens (tertiary/aromatic N) is 1. The van der Waals surface area contributed by atoms with Gasteiger partial charge in [0, 0.05) is 18.3 Å². The number of allylic oxidation sites excluding steroid dienone is 1. The maximum atomic E-state index is 12.8. The number of unbranched alkanes of at least 4 members (excludes halogenated alkanes) is 9. The van der Waals surface area contributed by atoms with Crippen LogP contribution in [0, 0.1) is 0 Å². The average Bonchev–Trinajstić information content (AvgIpc) is 2.78. The van der Waals surface area contributed by atoms with E-state index >= 15 is 0 Å². The van der Waals surface area contributed by atoms with Crippen molar-refractivity contribution >= 4 is 23.1 Å². The van der Waals surface area contributed by atoms with Crippen molar-refractivity contribution in [3.05, 3.63) is 36.0 Å². The van der Waals surface area contributed by atoms with Crippen LogP contribution in [0.1, 0.15) is 84.5 Å². The zero-order valence-electron chi connectivity index (χ0n) is 17.6. The highest BCUT2D eigenvalue weighted by Gasteiger charge is 2.23. The second kappa shape index (κ2) is 12.4. The van der Waals surface area contributed by atoms with E-state index in [4.69, 9.17) is 0 Å². The van der Waals surface area contributed by atoms with Crippen LogP contribution in [0.5, 0.6) is 0 Å². The molecular weight excluding hydrogens is 348 g/mol. The molecule has 1 aliphatic heterocycles. The van der Waals surface area contributed by atoms with Gasteiger partial charge in [-0.2, -0.15) is 0 Å². The van der Waals surface area contributed by atoms with Crippen molar-refractivity contribution < 1.29 is 9.59 Å². The number of benzene rings is 1. The van der Waals surface area contributed by atoms with Gasteiger partial charge in [-0.25, -0.2) is 0 Å². The Bertz CT molecular complexity index is 666. The molecule has 2 rings (SSSR count). The lowest BCUT2D eigenvalue weighted by atomic mass is 10.1. The molecule has 154 valence electrons. The zero-order valence-corrected chi connectivity index (χ0v) is 17.6. The van der Waals surface area contributed by atoms with Gasteiger partial charge in [0.2, 0.25) is 5.91 Å². The first-order valence-electron chi connectivity index (χ1n) is 11.0. The summed E-state index contributed by atoms with van der Waals surface area (Å²) in [5.41, 5.74) is 2.49. The van der Waals surface area contributed by atoms with Crippen LogP contribution in [0.2, 0.25) is 0 Å². The van der Waals surface area contributed by atoms with Crippen molar-refractivity contribution in [2.75, 3.05) is 16.8 Å². The Morgan fingerprint density at radius 2 is 1.61 bits per heavy atom. The first-order chi connectivity index (χ1) is 13.6. The van der Waals surface area contributed by atoms with Crippen molar-refractivity contribution in [3.63, 3.8) is 0 Å². The monoisotopic (exact) mass is 384 g/mol. The van der Waals surface area contributed by atoms with Crippen molar-refractivity contribution in [2.24, 2.45) is 0 Å². The fraction of sp³-hybridized carbons (Fsp3) is 0.583. The Morgan fingerprint density at radius 1 is 1.00 bits per heavy atom. The summed E-state index contributed by atoms with van der Waals surface area (Å²) in [5, 5.41) is 3.27. The molecule has 0 fully saturated rings. The van der Waals surface area contributed by atoms with E-state index in [0.29, 0.717) is 5.70 Å². The minimum absolute atomic E-state index is 0.0454. The molecule has 1 aromatic rings. The maximum Gasteiger partial charge on any atom is 0.232 e. The molecule has 1 heterocycles. The van der Waals surface area contributed by atoms with Crippen LogP contribution in [0.15, 0.2) is 36.0 Å². The molecule has 0 spiro atoms. The molecule has 1 aliphatic rings. The van der Waals surface area contributed by atoms with E-state index in [9.17, 15) is 9.59 Å². The summed E-state index contributed by atoms with van der Waals surface area (Å²) in [6.45, 7) is 4.50. The van der Waals surface area contributed by atoms with Gasteiger partial charge in [-0.15, -0.1) is 0 Å². The van der Waals surface area contributed by atoms with Gasteiger partial charge in [0.15, 0.2) is 5.78 Å². The molecule has 0 aromatic heterocycles. The van der Waals surface area contributed by atoms with Gasteiger partial charge < -0.3 is 10.2 Å².